The molecular weight excluding hydrogens is 192 g/mol. The third-order valence-electron chi connectivity index (χ3n) is 1.50. The van der Waals surface area contributed by atoms with E-state index in [1.54, 1.807) is 12.1 Å². The number of benzene rings is 1. The first kappa shape index (κ1) is 10.1. The molecule has 72 valence electrons. The third-order valence-corrected chi connectivity index (χ3v) is 2.43. The highest BCUT2D eigenvalue weighted by molar-refractivity contribution is 7.89. The molecule has 0 aromatic heterocycles. The molecule has 0 aliphatic heterocycles. The molecule has 0 bridgehead atoms. The molecule has 0 amide bonds. The summed E-state index contributed by atoms with van der Waals surface area (Å²) in [7, 11) is -3.61. The standard InChI is InChI=1S/C7H10N2O3S/c8-12-5-6-1-3-7(4-2-6)13(9,10)11/h1-4H,5,8H2,(H2,9,10,11). The second-order valence-electron chi connectivity index (χ2n) is 2.50. The van der Waals surface area contributed by atoms with E-state index in [1.165, 1.54) is 12.1 Å². The van der Waals surface area contributed by atoms with Gasteiger partial charge in [-0.05, 0) is 17.7 Å². The minimum Gasteiger partial charge on any atom is -0.300 e. The minimum absolute atomic E-state index is 0.0771. The van der Waals surface area contributed by atoms with Gasteiger partial charge in [0.25, 0.3) is 0 Å². The van der Waals surface area contributed by atoms with Crippen LogP contribution in [0.25, 0.3) is 0 Å². The summed E-state index contributed by atoms with van der Waals surface area (Å²) in [4.78, 5) is 4.45. The molecule has 0 radical (unpaired) electrons. The maximum absolute atomic E-state index is 10.8. The summed E-state index contributed by atoms with van der Waals surface area (Å²) in [5, 5.41) is 4.90. The molecule has 0 heterocycles. The van der Waals surface area contributed by atoms with Crippen molar-refractivity contribution in [1.29, 1.82) is 0 Å². The van der Waals surface area contributed by atoms with Gasteiger partial charge in [-0.3, -0.25) is 4.84 Å². The lowest BCUT2D eigenvalue weighted by Gasteiger charge is -2.00. The maximum Gasteiger partial charge on any atom is 0.238 e. The van der Waals surface area contributed by atoms with Gasteiger partial charge >= 0.3 is 0 Å². The molecule has 13 heavy (non-hydrogen) atoms. The first-order chi connectivity index (χ1) is 6.04. The average Bonchev–Trinajstić information content (AvgIpc) is 2.04. The van der Waals surface area contributed by atoms with Crippen LogP contribution in [-0.2, 0) is 21.5 Å². The molecule has 0 aliphatic rings. The highest BCUT2D eigenvalue weighted by atomic mass is 32.2. The monoisotopic (exact) mass is 202 g/mol. The Kier molecular flexibility index (Phi) is 2.99. The van der Waals surface area contributed by atoms with E-state index in [-0.39, 0.29) is 11.5 Å². The van der Waals surface area contributed by atoms with E-state index >= 15 is 0 Å². The van der Waals surface area contributed by atoms with Gasteiger partial charge in [0.1, 0.15) is 0 Å². The minimum atomic E-state index is -3.61. The Labute approximate surface area is 76.3 Å². The van der Waals surface area contributed by atoms with E-state index in [0.717, 1.165) is 5.56 Å². The lowest BCUT2D eigenvalue weighted by Crippen LogP contribution is -2.12. The highest BCUT2D eigenvalue weighted by Crippen LogP contribution is 2.08. The lowest BCUT2D eigenvalue weighted by atomic mass is 10.2. The van der Waals surface area contributed by atoms with Crippen molar-refractivity contribution in [3.63, 3.8) is 0 Å². The van der Waals surface area contributed by atoms with E-state index in [4.69, 9.17) is 11.0 Å². The third kappa shape index (κ3) is 2.78. The first-order valence-electron chi connectivity index (χ1n) is 3.47. The predicted octanol–water partition coefficient (Wildman–Crippen LogP) is -0.276. The van der Waals surface area contributed by atoms with Crippen molar-refractivity contribution in [1.82, 2.24) is 0 Å². The highest BCUT2D eigenvalue weighted by Gasteiger charge is 2.05. The Bertz CT molecular complexity index is 371. The zero-order valence-corrected chi connectivity index (χ0v) is 7.62. The second-order valence-corrected chi connectivity index (χ2v) is 4.06. The number of rotatable bonds is 3. The fourth-order valence-electron chi connectivity index (χ4n) is 0.872. The second kappa shape index (κ2) is 3.84. The normalized spacial score (nSPS) is 11.5. The van der Waals surface area contributed by atoms with Crippen molar-refractivity contribution in [3.05, 3.63) is 29.8 Å². The van der Waals surface area contributed by atoms with Gasteiger partial charge in [0.15, 0.2) is 0 Å². The molecule has 6 heteroatoms. The number of nitrogens with two attached hydrogens (primary N) is 2. The molecule has 1 rings (SSSR count). The maximum atomic E-state index is 10.8. The molecular formula is C7H10N2O3S. The molecule has 0 spiro atoms. The van der Waals surface area contributed by atoms with E-state index < -0.39 is 10.0 Å². The fraction of sp³-hybridized carbons (Fsp3) is 0.143. The van der Waals surface area contributed by atoms with Crippen LogP contribution >= 0.6 is 0 Å². The van der Waals surface area contributed by atoms with Crippen molar-refractivity contribution in [2.45, 2.75) is 11.5 Å². The topological polar surface area (TPSA) is 95.4 Å². The van der Waals surface area contributed by atoms with E-state index in [0.29, 0.717) is 0 Å². The van der Waals surface area contributed by atoms with Crippen LogP contribution in [0.5, 0.6) is 0 Å². The van der Waals surface area contributed by atoms with Crippen LogP contribution in [0.4, 0.5) is 0 Å². The number of hydrogen-bond donors (Lipinski definition) is 2. The van der Waals surface area contributed by atoms with Crippen molar-refractivity contribution < 1.29 is 13.3 Å². The number of hydrogen-bond acceptors (Lipinski definition) is 4. The van der Waals surface area contributed by atoms with Crippen LogP contribution in [0.3, 0.4) is 0 Å². The average molecular weight is 202 g/mol. The van der Waals surface area contributed by atoms with Gasteiger partial charge in [0, 0.05) is 0 Å². The molecule has 5 nitrogen and oxygen atoms in total. The molecule has 0 aliphatic carbocycles. The largest absolute Gasteiger partial charge is 0.300 e. The molecule has 0 saturated heterocycles. The van der Waals surface area contributed by atoms with Crippen molar-refractivity contribution in [3.8, 4) is 0 Å². The summed E-state index contributed by atoms with van der Waals surface area (Å²) < 4.78 is 21.6. The van der Waals surface area contributed by atoms with Crippen molar-refractivity contribution in [2.24, 2.45) is 11.0 Å². The molecule has 0 saturated carbocycles. The lowest BCUT2D eigenvalue weighted by molar-refractivity contribution is 0.124. The van der Waals surface area contributed by atoms with Crippen LogP contribution < -0.4 is 11.0 Å². The predicted molar refractivity (Wildman–Crippen MR) is 46.8 cm³/mol. The molecule has 0 unspecified atom stereocenters. The summed E-state index contributed by atoms with van der Waals surface area (Å²) in [6, 6.07) is 5.99. The Hall–Kier alpha value is -0.950. The van der Waals surface area contributed by atoms with Crippen molar-refractivity contribution >= 4 is 10.0 Å². The fourth-order valence-corrected chi connectivity index (χ4v) is 1.39. The van der Waals surface area contributed by atoms with E-state index in [2.05, 4.69) is 4.84 Å². The van der Waals surface area contributed by atoms with Crippen LogP contribution in [0.1, 0.15) is 5.56 Å². The Balaban J connectivity index is 2.94. The summed E-state index contributed by atoms with van der Waals surface area (Å²) in [5.41, 5.74) is 0.787. The number of primary sulfonamides is 1. The summed E-state index contributed by atoms with van der Waals surface area (Å²) in [6.07, 6.45) is 0. The Morgan fingerprint density at radius 2 is 1.77 bits per heavy atom. The van der Waals surface area contributed by atoms with Gasteiger partial charge in [-0.1, -0.05) is 12.1 Å². The Morgan fingerprint density at radius 1 is 1.23 bits per heavy atom. The quantitative estimate of drug-likeness (QED) is 0.659. The summed E-state index contributed by atoms with van der Waals surface area (Å²) >= 11 is 0. The van der Waals surface area contributed by atoms with Gasteiger partial charge in [0.2, 0.25) is 10.0 Å². The Morgan fingerprint density at radius 3 is 2.15 bits per heavy atom. The van der Waals surface area contributed by atoms with Crippen molar-refractivity contribution in [2.75, 3.05) is 0 Å². The van der Waals surface area contributed by atoms with E-state index in [1.807, 2.05) is 0 Å². The van der Waals surface area contributed by atoms with Gasteiger partial charge in [-0.25, -0.2) is 19.5 Å². The smallest absolute Gasteiger partial charge is 0.238 e. The zero-order chi connectivity index (χ0) is 9.90. The van der Waals surface area contributed by atoms with Crippen LogP contribution in [0, 0.1) is 0 Å². The van der Waals surface area contributed by atoms with Crippen LogP contribution in [0.2, 0.25) is 0 Å². The SMILES string of the molecule is NOCc1ccc(S(N)(=O)=O)cc1. The van der Waals surface area contributed by atoms with Gasteiger partial charge < -0.3 is 0 Å². The molecule has 1 aromatic rings. The van der Waals surface area contributed by atoms with Crippen LogP contribution in [0.15, 0.2) is 29.2 Å². The zero-order valence-electron chi connectivity index (χ0n) is 6.80. The van der Waals surface area contributed by atoms with Crippen LogP contribution in [-0.4, -0.2) is 8.42 Å². The summed E-state index contributed by atoms with van der Waals surface area (Å²) in [6.45, 7) is 0.241. The molecule has 0 atom stereocenters. The van der Waals surface area contributed by atoms with E-state index in [9.17, 15) is 8.42 Å². The molecule has 1 aromatic carbocycles. The first-order valence-corrected chi connectivity index (χ1v) is 5.02. The summed E-state index contributed by atoms with van der Waals surface area (Å²) in [5.74, 6) is 4.84. The van der Waals surface area contributed by atoms with Gasteiger partial charge in [0.05, 0.1) is 11.5 Å². The molecule has 0 fully saturated rings. The van der Waals surface area contributed by atoms with Gasteiger partial charge in [-0.2, -0.15) is 0 Å². The molecule has 4 N–H and O–H groups in total. The number of sulfonamides is 1. The van der Waals surface area contributed by atoms with Gasteiger partial charge in [-0.15, -0.1) is 0 Å².